The van der Waals surface area contributed by atoms with Gasteiger partial charge in [-0.15, -0.1) is 0 Å². The molecule has 0 unspecified atom stereocenters. The summed E-state index contributed by atoms with van der Waals surface area (Å²) in [5, 5.41) is 7.12. The fraction of sp³-hybridized carbons (Fsp3) is 0.659. The van der Waals surface area contributed by atoms with Crippen LogP contribution in [0.1, 0.15) is 97.1 Å². The van der Waals surface area contributed by atoms with Crippen LogP contribution >= 0.6 is 0 Å². The Hall–Kier alpha value is -3.54. The lowest BCUT2D eigenvalue weighted by atomic mass is 9.73. The molecule has 52 heavy (non-hydrogen) atoms. The molecule has 11 heteroatoms. The molecule has 2 amide bonds. The number of pyridine rings is 1. The first-order chi connectivity index (χ1) is 25.1. The number of fused-ring (bicyclic) bond motifs is 3. The number of piperidine rings is 2. The van der Waals surface area contributed by atoms with Crippen LogP contribution in [0.5, 0.6) is 0 Å². The minimum Gasteiger partial charge on any atom is -0.366 e. The van der Waals surface area contributed by atoms with Gasteiger partial charge in [-0.1, -0.05) is 18.6 Å². The van der Waals surface area contributed by atoms with Crippen LogP contribution in [0, 0.1) is 0 Å². The van der Waals surface area contributed by atoms with E-state index < -0.39 is 11.0 Å². The Labute approximate surface area is 308 Å². The van der Waals surface area contributed by atoms with Gasteiger partial charge in [-0.2, -0.15) is 0 Å². The van der Waals surface area contributed by atoms with Crippen molar-refractivity contribution in [1.29, 1.82) is 0 Å². The van der Waals surface area contributed by atoms with Gasteiger partial charge >= 0.3 is 0 Å². The highest BCUT2D eigenvalue weighted by Crippen LogP contribution is 2.52. The highest BCUT2D eigenvalue weighted by atomic mass is 16.2. The molecule has 0 bridgehead atoms. The van der Waals surface area contributed by atoms with Gasteiger partial charge in [0.05, 0.1) is 28.5 Å². The molecular formula is C41H57N9O2. The van der Waals surface area contributed by atoms with Crippen LogP contribution in [0.25, 0.3) is 22.3 Å². The van der Waals surface area contributed by atoms with E-state index in [0.29, 0.717) is 38.0 Å². The summed E-state index contributed by atoms with van der Waals surface area (Å²) in [6.45, 7) is 15.6. The van der Waals surface area contributed by atoms with Crippen LogP contribution in [0.3, 0.4) is 0 Å². The van der Waals surface area contributed by atoms with Gasteiger partial charge in [0.1, 0.15) is 5.52 Å². The smallest absolute Gasteiger partial charge is 0.242 e. The molecule has 1 aromatic carbocycles. The summed E-state index contributed by atoms with van der Waals surface area (Å²) < 4.78 is 2.21. The van der Waals surface area contributed by atoms with Gasteiger partial charge in [0.2, 0.25) is 11.8 Å². The summed E-state index contributed by atoms with van der Waals surface area (Å²) in [6.07, 6.45) is 11.5. The molecule has 2 N–H and O–H groups in total. The van der Waals surface area contributed by atoms with Crippen molar-refractivity contribution in [2.24, 2.45) is 0 Å². The van der Waals surface area contributed by atoms with Crippen molar-refractivity contribution in [1.82, 2.24) is 34.6 Å². The van der Waals surface area contributed by atoms with Crippen molar-refractivity contribution in [3.05, 3.63) is 36.2 Å². The molecular weight excluding hydrogens is 651 g/mol. The largest absolute Gasteiger partial charge is 0.366 e. The Morgan fingerprint density at radius 3 is 2.38 bits per heavy atom. The Balaban J connectivity index is 1.04. The van der Waals surface area contributed by atoms with E-state index in [9.17, 15) is 4.79 Å². The van der Waals surface area contributed by atoms with Gasteiger partial charge < -0.3 is 29.9 Å². The molecule has 2 saturated carbocycles. The number of imidazole rings is 1. The number of rotatable bonds is 8. The van der Waals surface area contributed by atoms with E-state index in [1.165, 1.54) is 32.4 Å². The number of likely N-dealkylation sites (tertiary alicyclic amines) is 2. The normalized spacial score (nSPS) is 25.6. The van der Waals surface area contributed by atoms with E-state index in [1.807, 2.05) is 11.2 Å². The van der Waals surface area contributed by atoms with Gasteiger partial charge in [0.25, 0.3) is 0 Å². The fourth-order valence-electron chi connectivity index (χ4n) is 9.91. The number of anilines is 2. The molecule has 278 valence electrons. The first kappa shape index (κ1) is 34.2. The number of aromatic nitrogens is 3. The predicted molar refractivity (Wildman–Crippen MR) is 206 cm³/mol. The zero-order valence-corrected chi connectivity index (χ0v) is 31.7. The van der Waals surface area contributed by atoms with E-state index in [4.69, 9.17) is 9.97 Å². The summed E-state index contributed by atoms with van der Waals surface area (Å²) in [7, 11) is 0. The summed E-state index contributed by atoms with van der Waals surface area (Å²) in [4.78, 5) is 48.3. The van der Waals surface area contributed by atoms with E-state index in [0.717, 1.165) is 91.2 Å². The molecule has 9 rings (SSSR count). The van der Waals surface area contributed by atoms with Gasteiger partial charge in [-0.3, -0.25) is 14.5 Å². The number of hydrogen-bond acceptors (Lipinski definition) is 8. The number of piperazine rings is 1. The van der Waals surface area contributed by atoms with Crippen molar-refractivity contribution >= 4 is 34.4 Å². The molecule has 6 aliphatic rings. The molecule has 3 aromatic rings. The molecule has 1 spiro atoms. The van der Waals surface area contributed by atoms with Crippen LogP contribution in [-0.2, 0) is 15.0 Å². The lowest BCUT2D eigenvalue weighted by molar-refractivity contribution is -0.146. The summed E-state index contributed by atoms with van der Waals surface area (Å²) in [6, 6.07) is 10.3. The highest BCUT2D eigenvalue weighted by molar-refractivity contribution is 6.09. The molecule has 11 nitrogen and oxygen atoms in total. The second-order valence-corrected chi connectivity index (χ2v) is 17.3. The third-order valence-electron chi connectivity index (χ3n) is 13.4. The second-order valence-electron chi connectivity index (χ2n) is 17.3. The maximum atomic E-state index is 15.0. The minimum atomic E-state index is -0.605. The van der Waals surface area contributed by atoms with Crippen LogP contribution in [0.4, 0.5) is 11.5 Å². The molecule has 3 saturated heterocycles. The molecule has 0 atom stereocenters. The first-order valence-electron chi connectivity index (χ1n) is 20.3. The van der Waals surface area contributed by atoms with Crippen molar-refractivity contribution in [3.8, 4) is 11.3 Å². The van der Waals surface area contributed by atoms with Gasteiger partial charge in [0.15, 0.2) is 5.82 Å². The van der Waals surface area contributed by atoms with Crippen molar-refractivity contribution in [2.45, 2.75) is 121 Å². The Morgan fingerprint density at radius 1 is 0.962 bits per heavy atom. The first-order valence-corrected chi connectivity index (χ1v) is 20.3. The standard InChI is InChI=1S/C41H57N9O2/c1-27(2)49-26-43-34-25-33(45-37(36(34)49)44-29-9-10-29)28-8-11-32-35(22-28)50(31-23-30(24-31)46-16-6-5-7-17-46)39(52)41(32)12-18-47(19-13-41)38(51)40(3,4)48-20-14-42-15-21-48/h8,11,22,25-27,29-31,42H,5-7,9-10,12-21,23-24H2,1-4H3,(H,44,45). The maximum Gasteiger partial charge on any atom is 0.242 e. The second kappa shape index (κ2) is 13.1. The summed E-state index contributed by atoms with van der Waals surface area (Å²) in [5.41, 5.74) is 4.92. The number of nitrogens with one attached hydrogen (secondary N) is 2. The van der Waals surface area contributed by atoms with E-state index in [2.05, 4.69) is 81.9 Å². The molecule has 2 aromatic heterocycles. The van der Waals surface area contributed by atoms with Crippen LogP contribution < -0.4 is 15.5 Å². The predicted octanol–water partition coefficient (Wildman–Crippen LogP) is 5.16. The topological polar surface area (TPSA) is 102 Å². The quantitative estimate of drug-likeness (QED) is 0.331. The Kier molecular flexibility index (Phi) is 8.62. The van der Waals surface area contributed by atoms with E-state index >= 15 is 4.79 Å². The maximum absolute atomic E-state index is 15.0. The number of carbonyl (C=O) groups is 2. The average molecular weight is 708 g/mol. The zero-order valence-electron chi connectivity index (χ0n) is 31.7. The Morgan fingerprint density at radius 2 is 1.69 bits per heavy atom. The monoisotopic (exact) mass is 707 g/mol. The third-order valence-corrected chi connectivity index (χ3v) is 13.4. The summed E-state index contributed by atoms with van der Waals surface area (Å²) >= 11 is 0. The number of hydrogen-bond donors (Lipinski definition) is 2. The Bertz CT molecular complexity index is 1840. The SMILES string of the molecule is CC(C)n1cnc2cc(-c3ccc4c(c3)N(C3CC(N5CCCCC5)C3)C(=O)C43CCN(C(=O)C(C)(C)N4CCNCC4)CC3)nc(NC3CC3)c21. The number of benzene rings is 1. The molecule has 0 radical (unpaired) electrons. The third kappa shape index (κ3) is 5.73. The van der Waals surface area contributed by atoms with Crippen LogP contribution in [0.2, 0.25) is 0 Å². The number of carbonyl (C=O) groups excluding carboxylic acids is 2. The van der Waals surface area contributed by atoms with Crippen molar-refractivity contribution < 1.29 is 9.59 Å². The molecule has 6 heterocycles. The molecule has 2 aliphatic carbocycles. The van der Waals surface area contributed by atoms with Crippen molar-refractivity contribution in [2.75, 3.05) is 62.6 Å². The van der Waals surface area contributed by atoms with E-state index in [1.54, 1.807) is 0 Å². The van der Waals surface area contributed by atoms with Crippen LogP contribution in [-0.4, -0.2) is 117 Å². The number of nitrogens with zero attached hydrogens (tertiary/aromatic N) is 7. The molecule has 4 aliphatic heterocycles. The zero-order chi connectivity index (χ0) is 35.8. The fourth-order valence-corrected chi connectivity index (χ4v) is 9.91. The average Bonchev–Trinajstić information content (AvgIpc) is 3.81. The number of amides is 2. The minimum absolute atomic E-state index is 0.183. The highest BCUT2D eigenvalue weighted by Gasteiger charge is 2.56. The van der Waals surface area contributed by atoms with Crippen molar-refractivity contribution in [3.63, 3.8) is 0 Å². The molecule has 5 fully saturated rings. The van der Waals surface area contributed by atoms with Gasteiger partial charge in [-0.25, -0.2) is 9.97 Å². The van der Waals surface area contributed by atoms with Gasteiger partial charge in [0, 0.05) is 74.7 Å². The lowest BCUT2D eigenvalue weighted by Crippen LogP contribution is -2.62. The van der Waals surface area contributed by atoms with Crippen LogP contribution in [0.15, 0.2) is 30.6 Å². The summed E-state index contributed by atoms with van der Waals surface area (Å²) in [5.74, 6) is 1.32. The van der Waals surface area contributed by atoms with E-state index in [-0.39, 0.29) is 23.9 Å². The van der Waals surface area contributed by atoms with Gasteiger partial charge in [-0.05, 0) is 110 Å². The lowest BCUT2D eigenvalue weighted by Gasteiger charge is -2.48.